The van der Waals surface area contributed by atoms with Gasteiger partial charge < -0.3 is 10.4 Å². The monoisotopic (exact) mass is 445 g/mol. The highest BCUT2D eigenvalue weighted by Crippen LogP contribution is 2.68. The smallest absolute Gasteiger partial charge is 0.303 e. The van der Waals surface area contributed by atoms with Crippen LogP contribution in [-0.2, 0) is 9.59 Å². The van der Waals surface area contributed by atoms with Gasteiger partial charge in [0, 0.05) is 18.9 Å². The van der Waals surface area contributed by atoms with Gasteiger partial charge in [0.05, 0.1) is 0 Å². The first-order valence-electron chi connectivity index (χ1n) is 13.6. The van der Waals surface area contributed by atoms with Gasteiger partial charge in [-0.25, -0.2) is 0 Å². The van der Waals surface area contributed by atoms with Crippen LogP contribution in [0.3, 0.4) is 0 Å². The summed E-state index contributed by atoms with van der Waals surface area (Å²) in [7, 11) is 0. The minimum atomic E-state index is -0.664. The summed E-state index contributed by atoms with van der Waals surface area (Å²) in [6.45, 7) is 12.1. The van der Waals surface area contributed by atoms with Crippen molar-refractivity contribution in [2.45, 2.75) is 111 Å². The summed E-state index contributed by atoms with van der Waals surface area (Å²) in [5, 5.41) is 13.1. The lowest BCUT2D eigenvalue weighted by Crippen LogP contribution is -2.63. The van der Waals surface area contributed by atoms with Crippen molar-refractivity contribution in [3.8, 4) is 0 Å². The summed E-state index contributed by atoms with van der Waals surface area (Å²) in [5.41, 5.74) is 0.492. The first-order chi connectivity index (χ1) is 15.1. The molecule has 182 valence electrons. The van der Waals surface area contributed by atoms with Crippen LogP contribution < -0.4 is 5.32 Å². The van der Waals surface area contributed by atoms with E-state index in [9.17, 15) is 14.7 Å². The molecule has 4 fully saturated rings. The van der Waals surface area contributed by atoms with Crippen LogP contribution in [0.4, 0.5) is 0 Å². The van der Waals surface area contributed by atoms with Crippen LogP contribution in [0.15, 0.2) is 0 Å². The lowest BCUT2D eigenvalue weighted by atomic mass is 9.44. The molecule has 0 aromatic carbocycles. The molecule has 3 saturated carbocycles. The van der Waals surface area contributed by atoms with Crippen molar-refractivity contribution in [3.63, 3.8) is 0 Å². The molecule has 3 aliphatic carbocycles. The van der Waals surface area contributed by atoms with Crippen molar-refractivity contribution in [2.24, 2.45) is 52.3 Å². The van der Waals surface area contributed by atoms with E-state index in [1.54, 1.807) is 0 Å². The van der Waals surface area contributed by atoms with Gasteiger partial charge in [0.2, 0.25) is 5.91 Å². The molecule has 0 aromatic heterocycles. The molecule has 0 radical (unpaired) electrons. The van der Waals surface area contributed by atoms with Gasteiger partial charge >= 0.3 is 5.97 Å². The predicted octanol–water partition coefficient (Wildman–Crippen LogP) is 6.29. The Morgan fingerprint density at radius 2 is 1.78 bits per heavy atom. The summed E-state index contributed by atoms with van der Waals surface area (Å²) < 4.78 is 0. The number of aliphatic carboxylic acids is 1. The van der Waals surface area contributed by atoms with Gasteiger partial charge in [-0.15, -0.1) is 0 Å². The third-order valence-corrected chi connectivity index (χ3v) is 10.9. The number of hydrogen-bond acceptors (Lipinski definition) is 2. The summed E-state index contributed by atoms with van der Waals surface area (Å²) in [6, 6.07) is 0.158. The number of carboxylic acids is 1. The molecule has 0 aromatic rings. The zero-order chi connectivity index (χ0) is 23.3. The molecule has 9 unspecified atom stereocenters. The van der Waals surface area contributed by atoms with Gasteiger partial charge in [0.15, 0.2) is 0 Å². The first kappa shape index (κ1) is 24.1. The second kappa shape index (κ2) is 8.95. The number of fused-ring (bicyclic) bond motifs is 5. The van der Waals surface area contributed by atoms with E-state index < -0.39 is 5.97 Å². The number of carboxylic acid groups (broad SMARTS) is 1. The summed E-state index contributed by atoms with van der Waals surface area (Å²) in [4.78, 5) is 24.1. The van der Waals surface area contributed by atoms with E-state index in [2.05, 4.69) is 39.9 Å². The highest BCUT2D eigenvalue weighted by Gasteiger charge is 2.63. The van der Waals surface area contributed by atoms with Crippen LogP contribution in [-0.4, -0.2) is 23.0 Å². The number of carbonyl (C=O) groups excluding carboxylic acids is 1. The van der Waals surface area contributed by atoms with Gasteiger partial charge in [-0.2, -0.15) is 0 Å². The minimum Gasteiger partial charge on any atom is -0.481 e. The molecule has 1 amide bonds. The van der Waals surface area contributed by atoms with Gasteiger partial charge in [-0.05, 0) is 90.8 Å². The Labute approximate surface area is 195 Å². The lowest BCUT2D eigenvalue weighted by Gasteiger charge is -2.62. The first-order valence-corrected chi connectivity index (χ1v) is 13.6. The molecule has 4 nitrogen and oxygen atoms in total. The Morgan fingerprint density at radius 1 is 1.06 bits per heavy atom. The van der Waals surface area contributed by atoms with Gasteiger partial charge in [-0.1, -0.05) is 53.9 Å². The van der Waals surface area contributed by atoms with Crippen LogP contribution in [0.1, 0.15) is 105 Å². The van der Waals surface area contributed by atoms with E-state index in [0.29, 0.717) is 29.6 Å². The third-order valence-electron chi connectivity index (χ3n) is 10.9. The minimum absolute atomic E-state index is 0.135. The molecule has 32 heavy (non-hydrogen) atoms. The highest BCUT2D eigenvalue weighted by atomic mass is 16.4. The van der Waals surface area contributed by atoms with E-state index in [-0.39, 0.29) is 29.7 Å². The fourth-order valence-electron chi connectivity index (χ4n) is 9.31. The SMILES string of the molecule is CC(C)CCCC(C)C1CCC2C3C(CC(=O)O)CC4NC(=O)CCC4(C)C3CCC12C. The highest BCUT2D eigenvalue weighted by molar-refractivity contribution is 5.77. The quantitative estimate of drug-likeness (QED) is 0.484. The molecule has 0 bridgehead atoms. The molecule has 1 aliphatic heterocycles. The number of rotatable bonds is 7. The van der Waals surface area contributed by atoms with E-state index in [1.807, 2.05) is 0 Å². The predicted molar refractivity (Wildman–Crippen MR) is 128 cm³/mol. The molecular formula is C28H47NO3. The molecule has 1 saturated heterocycles. The van der Waals surface area contributed by atoms with Gasteiger partial charge in [-0.3, -0.25) is 9.59 Å². The lowest BCUT2D eigenvalue weighted by molar-refractivity contribution is -0.154. The Morgan fingerprint density at radius 3 is 2.47 bits per heavy atom. The summed E-state index contributed by atoms with van der Waals surface area (Å²) in [6.07, 6.45) is 11.8. The van der Waals surface area contributed by atoms with E-state index in [1.165, 1.54) is 44.9 Å². The molecule has 2 N–H and O–H groups in total. The molecule has 0 spiro atoms. The largest absolute Gasteiger partial charge is 0.481 e. The number of nitrogens with one attached hydrogen (secondary N) is 1. The van der Waals surface area contributed by atoms with Crippen LogP contribution in [0.5, 0.6) is 0 Å². The summed E-state index contributed by atoms with van der Waals surface area (Å²) in [5.74, 6) is 3.75. The standard InChI is InChI=1S/C28H47NO3/c1-17(2)7-6-8-18(3)20-9-10-21-26-19(16-25(31)32)15-23-28(5,14-12-24(30)29-23)22(26)11-13-27(20,21)4/h17-23,26H,6-16H2,1-5H3,(H,29,30)(H,31,32). The third kappa shape index (κ3) is 4.13. The van der Waals surface area contributed by atoms with Crippen molar-refractivity contribution in [2.75, 3.05) is 0 Å². The van der Waals surface area contributed by atoms with Crippen molar-refractivity contribution in [1.82, 2.24) is 5.32 Å². The van der Waals surface area contributed by atoms with Crippen molar-refractivity contribution in [3.05, 3.63) is 0 Å². The maximum atomic E-state index is 12.2. The van der Waals surface area contributed by atoms with E-state index in [0.717, 1.165) is 30.6 Å². The zero-order valence-electron chi connectivity index (χ0n) is 21.2. The zero-order valence-corrected chi connectivity index (χ0v) is 21.2. The van der Waals surface area contributed by atoms with Crippen molar-refractivity contribution < 1.29 is 14.7 Å². The molecule has 9 atom stereocenters. The van der Waals surface area contributed by atoms with Gasteiger partial charge in [0.1, 0.15) is 0 Å². The Balaban J connectivity index is 1.58. The second-order valence-electron chi connectivity index (χ2n) is 13.0. The van der Waals surface area contributed by atoms with Crippen molar-refractivity contribution in [1.29, 1.82) is 0 Å². The molecule has 4 rings (SSSR count). The molecule has 4 heteroatoms. The number of carbonyl (C=O) groups is 2. The maximum absolute atomic E-state index is 12.2. The van der Waals surface area contributed by atoms with E-state index >= 15 is 0 Å². The summed E-state index contributed by atoms with van der Waals surface area (Å²) >= 11 is 0. The molecule has 4 aliphatic rings. The maximum Gasteiger partial charge on any atom is 0.303 e. The number of piperidine rings is 1. The fraction of sp³-hybridized carbons (Fsp3) is 0.929. The number of hydrogen-bond donors (Lipinski definition) is 2. The molecule has 1 heterocycles. The van der Waals surface area contributed by atoms with Crippen LogP contribution in [0.2, 0.25) is 0 Å². The van der Waals surface area contributed by atoms with Crippen LogP contribution in [0.25, 0.3) is 0 Å². The Bertz CT molecular complexity index is 719. The molecular weight excluding hydrogens is 398 g/mol. The van der Waals surface area contributed by atoms with E-state index in [4.69, 9.17) is 0 Å². The second-order valence-corrected chi connectivity index (χ2v) is 13.0. The van der Waals surface area contributed by atoms with Crippen molar-refractivity contribution >= 4 is 11.9 Å². The van der Waals surface area contributed by atoms with Gasteiger partial charge in [0.25, 0.3) is 0 Å². The normalized spacial score (nSPS) is 44.4. The fourth-order valence-corrected chi connectivity index (χ4v) is 9.31. The average Bonchev–Trinajstić information content (AvgIpc) is 3.05. The van der Waals surface area contributed by atoms with Crippen LogP contribution >= 0.6 is 0 Å². The average molecular weight is 446 g/mol. The topological polar surface area (TPSA) is 66.4 Å². The van der Waals surface area contributed by atoms with Crippen LogP contribution in [0, 0.1) is 52.3 Å². The Hall–Kier alpha value is -1.06. The number of amides is 1. The Kier molecular flexibility index (Phi) is 6.73.